The van der Waals surface area contributed by atoms with Crippen LogP contribution in [0.2, 0.25) is 0 Å². The molecule has 1 nitrogen and oxygen atoms in total. The van der Waals surface area contributed by atoms with Gasteiger partial charge in [-0.15, -0.1) is 0 Å². The normalized spacial score (nSPS) is 17.7. The number of hydrogen-bond donors (Lipinski definition) is 0. The summed E-state index contributed by atoms with van der Waals surface area (Å²) in [5.74, 6) is 0.839. The van der Waals surface area contributed by atoms with E-state index < -0.39 is 0 Å². The Balaban J connectivity index is 1.94. The van der Waals surface area contributed by atoms with Crippen LogP contribution >= 0.6 is 38.5 Å². The van der Waals surface area contributed by atoms with Gasteiger partial charge in [0.2, 0.25) is 0 Å². The van der Waals surface area contributed by atoms with Crippen molar-refractivity contribution in [1.82, 2.24) is 0 Å². The summed E-state index contributed by atoms with van der Waals surface area (Å²) in [6.45, 7) is 0.934. The van der Waals surface area contributed by atoms with E-state index in [1.807, 2.05) is 0 Å². The Morgan fingerprint density at radius 1 is 1.33 bits per heavy atom. The molecule has 1 unspecified atom stereocenters. The van der Waals surface area contributed by atoms with Gasteiger partial charge in [-0.25, -0.2) is 0 Å². The van der Waals surface area contributed by atoms with Crippen LogP contribution < -0.4 is 0 Å². The monoisotopic (exact) mass is 380 g/mol. The zero-order valence-corrected chi connectivity index (χ0v) is 12.2. The molecule has 15 heavy (non-hydrogen) atoms. The molecule has 0 N–H and O–H groups in total. The third-order valence-corrected chi connectivity index (χ3v) is 3.94. The summed E-state index contributed by atoms with van der Waals surface area (Å²) in [6, 6.07) is 8.44. The molecule has 1 aromatic carbocycles. The molecular weight excluding hydrogens is 367 g/mol. The summed E-state index contributed by atoms with van der Waals surface area (Å²) in [7, 11) is 0. The van der Waals surface area contributed by atoms with Crippen molar-refractivity contribution in [3.05, 3.63) is 34.3 Å². The zero-order valence-electron chi connectivity index (χ0n) is 8.46. The summed E-state index contributed by atoms with van der Waals surface area (Å²) < 4.78 is 8.06. The molecule has 0 amide bonds. The van der Waals surface area contributed by atoms with Crippen LogP contribution in [-0.4, -0.2) is 11.0 Å². The highest BCUT2D eigenvalue weighted by atomic mass is 127. The smallest absolute Gasteiger partial charge is 0.0914 e. The SMILES string of the molecule is Brc1ccc(C(CI)OCC2CC2)cc1. The van der Waals surface area contributed by atoms with Crippen LogP contribution in [0.15, 0.2) is 28.7 Å². The lowest BCUT2D eigenvalue weighted by molar-refractivity contribution is 0.0630. The second-order valence-electron chi connectivity index (χ2n) is 3.97. The fourth-order valence-corrected chi connectivity index (χ4v) is 2.47. The van der Waals surface area contributed by atoms with E-state index in [-0.39, 0.29) is 6.10 Å². The average Bonchev–Trinajstić information content (AvgIpc) is 3.05. The summed E-state index contributed by atoms with van der Waals surface area (Å²) in [4.78, 5) is 0. The van der Waals surface area contributed by atoms with Gasteiger partial charge in [-0.1, -0.05) is 50.7 Å². The van der Waals surface area contributed by atoms with E-state index in [0.29, 0.717) is 0 Å². The van der Waals surface area contributed by atoms with Crippen LogP contribution in [0.4, 0.5) is 0 Å². The minimum Gasteiger partial charge on any atom is -0.372 e. The molecule has 1 saturated carbocycles. The molecule has 1 aromatic rings. The second-order valence-corrected chi connectivity index (χ2v) is 5.77. The van der Waals surface area contributed by atoms with E-state index in [0.717, 1.165) is 21.4 Å². The third kappa shape index (κ3) is 3.71. The lowest BCUT2D eigenvalue weighted by atomic mass is 10.1. The van der Waals surface area contributed by atoms with Gasteiger partial charge in [0.05, 0.1) is 12.7 Å². The predicted molar refractivity (Wildman–Crippen MR) is 74.4 cm³/mol. The maximum absolute atomic E-state index is 5.92. The molecule has 1 aliphatic carbocycles. The van der Waals surface area contributed by atoms with Crippen LogP contribution in [0.1, 0.15) is 24.5 Å². The molecule has 1 aliphatic rings. The highest BCUT2D eigenvalue weighted by Gasteiger charge is 2.23. The maximum Gasteiger partial charge on any atom is 0.0914 e. The van der Waals surface area contributed by atoms with Gasteiger partial charge in [-0.3, -0.25) is 0 Å². The molecule has 0 saturated heterocycles. The zero-order chi connectivity index (χ0) is 10.7. The van der Waals surface area contributed by atoms with E-state index >= 15 is 0 Å². The Kier molecular flexibility index (Phi) is 4.46. The Labute approximate surface area is 113 Å². The first-order valence-electron chi connectivity index (χ1n) is 5.22. The van der Waals surface area contributed by atoms with Crippen molar-refractivity contribution in [2.45, 2.75) is 18.9 Å². The van der Waals surface area contributed by atoms with Gasteiger partial charge in [0.25, 0.3) is 0 Å². The van der Waals surface area contributed by atoms with Crippen molar-refractivity contribution in [1.29, 1.82) is 0 Å². The lowest BCUT2D eigenvalue weighted by Crippen LogP contribution is -2.07. The Morgan fingerprint density at radius 3 is 2.53 bits per heavy atom. The highest BCUT2D eigenvalue weighted by molar-refractivity contribution is 14.1. The first-order valence-corrected chi connectivity index (χ1v) is 7.54. The summed E-state index contributed by atoms with van der Waals surface area (Å²) >= 11 is 5.84. The molecule has 1 fully saturated rings. The predicted octanol–water partition coefficient (Wildman–Crippen LogP) is 4.35. The van der Waals surface area contributed by atoms with Crippen molar-refractivity contribution >= 4 is 38.5 Å². The first kappa shape index (κ1) is 11.9. The van der Waals surface area contributed by atoms with Gasteiger partial charge in [0.1, 0.15) is 0 Å². The van der Waals surface area contributed by atoms with Crippen LogP contribution in [0.5, 0.6) is 0 Å². The second kappa shape index (κ2) is 5.64. The van der Waals surface area contributed by atoms with E-state index in [2.05, 4.69) is 62.8 Å². The molecule has 2 rings (SSSR count). The quantitative estimate of drug-likeness (QED) is 0.545. The number of hydrogen-bond acceptors (Lipinski definition) is 1. The molecule has 3 heteroatoms. The molecule has 0 aromatic heterocycles. The van der Waals surface area contributed by atoms with E-state index in [4.69, 9.17) is 4.74 Å². The number of ether oxygens (including phenoxy) is 1. The van der Waals surface area contributed by atoms with Crippen LogP contribution in [0, 0.1) is 5.92 Å². The van der Waals surface area contributed by atoms with Crippen molar-refractivity contribution in [2.75, 3.05) is 11.0 Å². The summed E-state index contributed by atoms with van der Waals surface area (Å²) in [5, 5.41) is 0. The molecule has 1 atom stereocenters. The van der Waals surface area contributed by atoms with Crippen LogP contribution in [0.25, 0.3) is 0 Å². The van der Waals surface area contributed by atoms with E-state index in [9.17, 15) is 0 Å². The number of halogens is 2. The third-order valence-electron chi connectivity index (χ3n) is 2.61. The lowest BCUT2D eigenvalue weighted by Gasteiger charge is -2.15. The van der Waals surface area contributed by atoms with Crippen LogP contribution in [0.3, 0.4) is 0 Å². The molecule has 0 spiro atoms. The van der Waals surface area contributed by atoms with Crippen molar-refractivity contribution in [3.63, 3.8) is 0 Å². The average molecular weight is 381 g/mol. The maximum atomic E-state index is 5.92. The van der Waals surface area contributed by atoms with Crippen molar-refractivity contribution in [2.24, 2.45) is 5.92 Å². The topological polar surface area (TPSA) is 9.23 Å². The summed E-state index contributed by atoms with van der Waals surface area (Å²) in [6.07, 6.45) is 2.97. The summed E-state index contributed by atoms with van der Waals surface area (Å²) in [5.41, 5.74) is 1.29. The molecule has 0 bridgehead atoms. The van der Waals surface area contributed by atoms with Gasteiger partial charge in [-0.2, -0.15) is 0 Å². The molecule has 0 aliphatic heterocycles. The van der Waals surface area contributed by atoms with Gasteiger partial charge in [0.15, 0.2) is 0 Å². The molecular formula is C12H14BrIO. The van der Waals surface area contributed by atoms with Gasteiger partial charge in [0, 0.05) is 8.90 Å². The molecule has 0 heterocycles. The van der Waals surface area contributed by atoms with E-state index in [1.165, 1.54) is 18.4 Å². The Morgan fingerprint density at radius 2 is 2.00 bits per heavy atom. The largest absolute Gasteiger partial charge is 0.372 e. The molecule has 82 valence electrons. The number of rotatable bonds is 5. The highest BCUT2D eigenvalue weighted by Crippen LogP contribution is 2.31. The van der Waals surface area contributed by atoms with E-state index in [1.54, 1.807) is 0 Å². The van der Waals surface area contributed by atoms with Crippen molar-refractivity contribution in [3.8, 4) is 0 Å². The number of benzene rings is 1. The van der Waals surface area contributed by atoms with Crippen LogP contribution in [-0.2, 0) is 4.74 Å². The minimum absolute atomic E-state index is 0.263. The fourth-order valence-electron chi connectivity index (χ4n) is 1.44. The van der Waals surface area contributed by atoms with Crippen molar-refractivity contribution < 1.29 is 4.74 Å². The number of alkyl halides is 1. The molecule has 0 radical (unpaired) electrons. The van der Waals surface area contributed by atoms with Gasteiger partial charge in [-0.05, 0) is 36.5 Å². The van der Waals surface area contributed by atoms with Gasteiger partial charge >= 0.3 is 0 Å². The first-order chi connectivity index (χ1) is 7.29. The van der Waals surface area contributed by atoms with Gasteiger partial charge < -0.3 is 4.74 Å². The fraction of sp³-hybridized carbons (Fsp3) is 0.500. The Bertz CT molecular complexity index is 308. The Hall–Kier alpha value is 0.390. The minimum atomic E-state index is 0.263. The standard InChI is InChI=1S/C12H14BrIO/c13-11-5-3-10(4-6-11)12(7-14)15-8-9-1-2-9/h3-6,9,12H,1-2,7-8H2.